The van der Waals surface area contributed by atoms with Gasteiger partial charge in [-0.1, -0.05) is 0 Å². The lowest BCUT2D eigenvalue weighted by atomic mass is 10.1. The summed E-state index contributed by atoms with van der Waals surface area (Å²) in [6.45, 7) is 3.94. The van der Waals surface area contributed by atoms with Gasteiger partial charge < -0.3 is 5.11 Å². The minimum Gasteiger partial charge on any atom is -0.481 e. The van der Waals surface area contributed by atoms with Crippen molar-refractivity contribution in [3.05, 3.63) is 18.0 Å². The van der Waals surface area contributed by atoms with E-state index in [1.54, 1.807) is 10.9 Å². The first kappa shape index (κ1) is 10.9. The molecule has 86 valence electrons. The zero-order valence-electron chi connectivity index (χ0n) is 9.25. The molecule has 0 unspecified atom stereocenters. The van der Waals surface area contributed by atoms with Crippen molar-refractivity contribution in [3.63, 3.8) is 0 Å². The molecule has 1 aromatic rings. The molecule has 1 heterocycles. The molecule has 16 heavy (non-hydrogen) atoms. The minimum atomic E-state index is -0.880. The minimum absolute atomic E-state index is 0.0979. The third kappa shape index (κ3) is 1.85. The van der Waals surface area contributed by atoms with E-state index in [2.05, 4.69) is 5.10 Å². The fraction of sp³-hybridized carbons (Fsp3) is 0.545. The van der Waals surface area contributed by atoms with Crippen LogP contribution < -0.4 is 0 Å². The van der Waals surface area contributed by atoms with Crippen molar-refractivity contribution in [3.8, 4) is 0 Å². The van der Waals surface area contributed by atoms with Crippen LogP contribution in [0.15, 0.2) is 12.4 Å². The zero-order valence-corrected chi connectivity index (χ0v) is 9.25. The number of ketones is 1. The second kappa shape index (κ2) is 3.73. The van der Waals surface area contributed by atoms with E-state index in [-0.39, 0.29) is 17.7 Å². The van der Waals surface area contributed by atoms with E-state index in [9.17, 15) is 9.59 Å². The Kier molecular flexibility index (Phi) is 2.53. The Balaban J connectivity index is 2.08. The predicted molar refractivity (Wildman–Crippen MR) is 56.2 cm³/mol. The van der Waals surface area contributed by atoms with Crippen LogP contribution in [-0.4, -0.2) is 26.6 Å². The Labute approximate surface area is 93.1 Å². The van der Waals surface area contributed by atoms with E-state index in [0.717, 1.165) is 0 Å². The van der Waals surface area contributed by atoms with E-state index >= 15 is 0 Å². The lowest BCUT2D eigenvalue weighted by Gasteiger charge is -2.02. The van der Waals surface area contributed by atoms with Gasteiger partial charge in [0.05, 0.1) is 17.7 Å². The summed E-state index contributed by atoms with van der Waals surface area (Å²) in [5.41, 5.74) is 0.516. The van der Waals surface area contributed by atoms with Crippen molar-refractivity contribution in [2.45, 2.75) is 26.3 Å². The van der Waals surface area contributed by atoms with Gasteiger partial charge in [-0.2, -0.15) is 5.10 Å². The molecule has 1 fully saturated rings. The molecule has 0 bridgehead atoms. The van der Waals surface area contributed by atoms with Gasteiger partial charge in [0.15, 0.2) is 5.78 Å². The molecule has 0 saturated heterocycles. The van der Waals surface area contributed by atoms with Crippen LogP contribution in [0.1, 0.15) is 36.7 Å². The molecule has 1 saturated carbocycles. The van der Waals surface area contributed by atoms with E-state index in [1.807, 2.05) is 13.8 Å². The van der Waals surface area contributed by atoms with E-state index in [0.29, 0.717) is 12.0 Å². The van der Waals surface area contributed by atoms with Gasteiger partial charge in [0.2, 0.25) is 0 Å². The van der Waals surface area contributed by atoms with E-state index in [1.165, 1.54) is 6.20 Å². The van der Waals surface area contributed by atoms with Crippen molar-refractivity contribution >= 4 is 11.8 Å². The van der Waals surface area contributed by atoms with Gasteiger partial charge in [-0.25, -0.2) is 0 Å². The average Bonchev–Trinajstić information content (AvgIpc) is 2.86. The maximum absolute atomic E-state index is 11.8. The Morgan fingerprint density at radius 3 is 2.62 bits per heavy atom. The normalized spacial score (nSPS) is 23.4. The summed E-state index contributed by atoms with van der Waals surface area (Å²) < 4.78 is 1.70. The number of carboxylic acid groups (broad SMARTS) is 1. The summed E-state index contributed by atoms with van der Waals surface area (Å²) in [5.74, 6) is -1.81. The third-order valence-electron chi connectivity index (χ3n) is 2.86. The molecule has 0 amide bonds. The number of hydrogen-bond donors (Lipinski definition) is 1. The van der Waals surface area contributed by atoms with Gasteiger partial charge >= 0.3 is 5.97 Å². The van der Waals surface area contributed by atoms with Crippen LogP contribution in [0.2, 0.25) is 0 Å². The number of rotatable bonds is 4. The smallest absolute Gasteiger partial charge is 0.307 e. The van der Waals surface area contributed by atoms with Crippen LogP contribution in [0.5, 0.6) is 0 Å². The summed E-state index contributed by atoms with van der Waals surface area (Å²) in [5, 5.41) is 12.8. The van der Waals surface area contributed by atoms with Crippen LogP contribution in [0, 0.1) is 11.8 Å². The van der Waals surface area contributed by atoms with Crippen LogP contribution in [0.3, 0.4) is 0 Å². The number of nitrogens with zero attached hydrogens (tertiary/aromatic N) is 2. The third-order valence-corrected chi connectivity index (χ3v) is 2.86. The average molecular weight is 222 g/mol. The fourth-order valence-electron chi connectivity index (χ4n) is 1.72. The highest BCUT2D eigenvalue weighted by molar-refractivity contribution is 6.02. The summed E-state index contributed by atoms with van der Waals surface area (Å²) in [4.78, 5) is 22.5. The van der Waals surface area contributed by atoms with Crippen molar-refractivity contribution in [1.82, 2.24) is 9.78 Å². The van der Waals surface area contributed by atoms with Gasteiger partial charge in [-0.05, 0) is 20.3 Å². The molecule has 2 rings (SSSR count). The first-order chi connectivity index (χ1) is 7.50. The molecule has 1 aliphatic rings. The number of carbonyl (C=O) groups is 2. The summed E-state index contributed by atoms with van der Waals surface area (Å²) in [6.07, 6.45) is 3.66. The Morgan fingerprint density at radius 1 is 1.50 bits per heavy atom. The van der Waals surface area contributed by atoms with Gasteiger partial charge in [0.25, 0.3) is 0 Å². The number of aliphatic carboxylic acids is 1. The second-order valence-corrected chi connectivity index (χ2v) is 4.45. The summed E-state index contributed by atoms with van der Waals surface area (Å²) in [7, 11) is 0. The quantitative estimate of drug-likeness (QED) is 0.781. The van der Waals surface area contributed by atoms with Gasteiger partial charge in [0, 0.05) is 18.2 Å². The van der Waals surface area contributed by atoms with E-state index in [4.69, 9.17) is 5.11 Å². The lowest BCUT2D eigenvalue weighted by molar-refractivity contribution is -0.138. The molecule has 1 aliphatic carbocycles. The van der Waals surface area contributed by atoms with Gasteiger partial charge in [-0.15, -0.1) is 0 Å². The highest BCUT2D eigenvalue weighted by Gasteiger charge is 2.48. The molecule has 1 aromatic heterocycles. The van der Waals surface area contributed by atoms with Crippen molar-refractivity contribution in [1.29, 1.82) is 0 Å². The molecular formula is C11H14N2O3. The Hall–Kier alpha value is -1.65. The highest BCUT2D eigenvalue weighted by atomic mass is 16.4. The molecule has 0 aliphatic heterocycles. The van der Waals surface area contributed by atoms with Crippen molar-refractivity contribution < 1.29 is 14.7 Å². The van der Waals surface area contributed by atoms with Crippen molar-refractivity contribution in [2.24, 2.45) is 11.8 Å². The Morgan fingerprint density at radius 2 is 2.19 bits per heavy atom. The number of carbonyl (C=O) groups excluding carboxylic acids is 1. The molecule has 0 spiro atoms. The molecular weight excluding hydrogens is 208 g/mol. The molecule has 0 radical (unpaired) electrons. The fourth-order valence-corrected chi connectivity index (χ4v) is 1.72. The first-order valence-corrected chi connectivity index (χ1v) is 5.32. The number of aromatic nitrogens is 2. The van der Waals surface area contributed by atoms with Crippen LogP contribution >= 0.6 is 0 Å². The SMILES string of the molecule is CC(C)n1cc(C(=O)[C@@H]2C[C@H]2C(=O)O)cn1. The summed E-state index contributed by atoms with van der Waals surface area (Å²) in [6, 6.07) is 0.205. The topological polar surface area (TPSA) is 72.2 Å². The second-order valence-electron chi connectivity index (χ2n) is 4.45. The first-order valence-electron chi connectivity index (χ1n) is 5.32. The van der Waals surface area contributed by atoms with Crippen LogP contribution in [0.4, 0.5) is 0 Å². The van der Waals surface area contributed by atoms with Crippen molar-refractivity contribution in [2.75, 3.05) is 0 Å². The molecule has 0 aromatic carbocycles. The molecule has 2 atom stereocenters. The molecule has 5 heteroatoms. The Bertz CT molecular complexity index is 436. The molecule has 1 N–H and O–H groups in total. The number of carboxylic acids is 1. The molecule has 5 nitrogen and oxygen atoms in total. The predicted octanol–water partition coefficient (Wildman–Crippen LogP) is 1.37. The lowest BCUT2D eigenvalue weighted by Crippen LogP contribution is -2.07. The largest absolute Gasteiger partial charge is 0.481 e. The van der Waals surface area contributed by atoms with Crippen LogP contribution in [-0.2, 0) is 4.79 Å². The highest BCUT2D eigenvalue weighted by Crippen LogP contribution is 2.41. The number of Topliss-reactive ketones (excluding diaryl/α,β-unsaturated/α-hetero) is 1. The van der Waals surface area contributed by atoms with Gasteiger partial charge in [0.1, 0.15) is 0 Å². The maximum atomic E-state index is 11.8. The zero-order chi connectivity index (χ0) is 11.9. The van der Waals surface area contributed by atoms with Gasteiger partial charge in [-0.3, -0.25) is 14.3 Å². The monoisotopic (exact) mass is 222 g/mol. The van der Waals surface area contributed by atoms with E-state index < -0.39 is 11.9 Å². The number of hydrogen-bond acceptors (Lipinski definition) is 3. The maximum Gasteiger partial charge on any atom is 0.307 e. The standard InChI is InChI=1S/C11H14N2O3/c1-6(2)13-5-7(4-12-13)10(14)8-3-9(8)11(15)16/h4-6,8-9H,3H2,1-2H3,(H,15,16)/t8-,9-/m1/s1. The summed E-state index contributed by atoms with van der Waals surface area (Å²) >= 11 is 0. The van der Waals surface area contributed by atoms with Crippen LogP contribution in [0.25, 0.3) is 0 Å².